The second-order valence-corrected chi connectivity index (χ2v) is 5.52. The van der Waals surface area contributed by atoms with E-state index in [1.54, 1.807) is 7.11 Å². The van der Waals surface area contributed by atoms with Gasteiger partial charge >= 0.3 is 0 Å². The number of methoxy groups -OCH3 is 1. The number of amides is 1. The molecule has 0 spiro atoms. The molecule has 2 atom stereocenters. The van der Waals surface area contributed by atoms with Crippen molar-refractivity contribution in [3.05, 3.63) is 0 Å². The summed E-state index contributed by atoms with van der Waals surface area (Å²) in [4.78, 5) is 11.9. The number of ether oxygens (including phenoxy) is 1. The maximum atomic E-state index is 11.9. The third kappa shape index (κ3) is 2.97. The van der Waals surface area contributed by atoms with Gasteiger partial charge in [0.05, 0.1) is 0 Å². The molecule has 2 aliphatic carbocycles. The molecule has 3 heteroatoms. The molecule has 92 valence electrons. The number of hydrogen-bond acceptors (Lipinski definition) is 2. The van der Waals surface area contributed by atoms with Gasteiger partial charge in [-0.05, 0) is 43.9 Å². The molecule has 0 aromatic heterocycles. The molecule has 2 saturated carbocycles. The summed E-state index contributed by atoms with van der Waals surface area (Å²) in [6.45, 7) is 3.04. The van der Waals surface area contributed by atoms with Crippen LogP contribution in [0.3, 0.4) is 0 Å². The molecule has 16 heavy (non-hydrogen) atoms. The fraction of sp³-hybridized carbons (Fsp3) is 0.923. The predicted octanol–water partition coefficient (Wildman–Crippen LogP) is 1.96. The molecule has 0 saturated heterocycles. The number of carbonyl (C=O) groups is 1. The molecule has 1 unspecified atom stereocenters. The first-order valence-electron chi connectivity index (χ1n) is 6.50. The summed E-state index contributed by atoms with van der Waals surface area (Å²) < 4.78 is 5.07. The third-order valence-electron chi connectivity index (χ3n) is 4.00. The maximum absolute atomic E-state index is 11.9. The van der Waals surface area contributed by atoms with Crippen LogP contribution < -0.4 is 5.32 Å². The Morgan fingerprint density at radius 1 is 1.31 bits per heavy atom. The van der Waals surface area contributed by atoms with Gasteiger partial charge in [-0.1, -0.05) is 6.92 Å². The van der Waals surface area contributed by atoms with Crippen LogP contribution in [0.2, 0.25) is 0 Å². The van der Waals surface area contributed by atoms with E-state index in [1.807, 2.05) is 0 Å². The smallest absolute Gasteiger partial charge is 0.223 e. The zero-order valence-electron chi connectivity index (χ0n) is 10.4. The van der Waals surface area contributed by atoms with E-state index in [0.717, 1.165) is 31.8 Å². The van der Waals surface area contributed by atoms with Gasteiger partial charge in [-0.3, -0.25) is 4.79 Å². The molecule has 2 aliphatic rings. The molecule has 0 radical (unpaired) electrons. The Balaban J connectivity index is 1.68. The fourth-order valence-corrected chi connectivity index (χ4v) is 2.68. The molecular weight excluding hydrogens is 202 g/mol. The highest BCUT2D eigenvalue weighted by Gasteiger charge is 2.43. The molecule has 0 aromatic rings. The van der Waals surface area contributed by atoms with Crippen LogP contribution >= 0.6 is 0 Å². The first-order chi connectivity index (χ1) is 7.70. The second kappa shape index (κ2) is 5.17. The van der Waals surface area contributed by atoms with E-state index in [9.17, 15) is 4.79 Å². The Hall–Kier alpha value is -0.570. The first-order valence-corrected chi connectivity index (χ1v) is 6.50. The molecule has 2 fully saturated rings. The highest BCUT2D eigenvalue weighted by Crippen LogP contribution is 2.39. The van der Waals surface area contributed by atoms with Crippen LogP contribution in [0.4, 0.5) is 0 Å². The lowest BCUT2D eigenvalue weighted by molar-refractivity contribution is -0.123. The van der Waals surface area contributed by atoms with Gasteiger partial charge in [-0.25, -0.2) is 0 Å². The van der Waals surface area contributed by atoms with Crippen molar-refractivity contribution in [3.8, 4) is 0 Å². The van der Waals surface area contributed by atoms with Crippen LogP contribution in [0.25, 0.3) is 0 Å². The normalized spacial score (nSPS) is 38.1. The average Bonchev–Trinajstić information content (AvgIpc) is 3.01. The van der Waals surface area contributed by atoms with Gasteiger partial charge in [0.2, 0.25) is 5.91 Å². The fourth-order valence-electron chi connectivity index (χ4n) is 2.68. The van der Waals surface area contributed by atoms with E-state index in [-0.39, 0.29) is 11.8 Å². The number of nitrogens with one attached hydrogen (secondary N) is 1. The number of carbonyl (C=O) groups excluding carboxylic acids is 1. The first kappa shape index (κ1) is 11.9. The van der Waals surface area contributed by atoms with Gasteiger partial charge in [-0.2, -0.15) is 0 Å². The van der Waals surface area contributed by atoms with E-state index < -0.39 is 0 Å². The quantitative estimate of drug-likeness (QED) is 0.794. The van der Waals surface area contributed by atoms with Crippen molar-refractivity contribution in [2.24, 2.45) is 17.8 Å². The number of rotatable bonds is 4. The van der Waals surface area contributed by atoms with Crippen molar-refractivity contribution in [2.75, 3.05) is 13.7 Å². The van der Waals surface area contributed by atoms with Crippen molar-refractivity contribution >= 4 is 5.91 Å². The monoisotopic (exact) mass is 225 g/mol. The minimum atomic E-state index is 0.235. The second-order valence-electron chi connectivity index (χ2n) is 5.52. The van der Waals surface area contributed by atoms with Gasteiger partial charge in [-0.15, -0.1) is 0 Å². The van der Waals surface area contributed by atoms with Gasteiger partial charge in [0.15, 0.2) is 0 Å². The van der Waals surface area contributed by atoms with E-state index in [1.165, 1.54) is 12.8 Å². The van der Waals surface area contributed by atoms with Crippen LogP contribution in [-0.2, 0) is 9.53 Å². The summed E-state index contributed by atoms with van der Waals surface area (Å²) in [6, 6.07) is 0.437. The molecule has 0 heterocycles. The summed E-state index contributed by atoms with van der Waals surface area (Å²) in [6.07, 6.45) is 5.86. The summed E-state index contributed by atoms with van der Waals surface area (Å²) in [7, 11) is 1.70. The third-order valence-corrected chi connectivity index (χ3v) is 4.00. The van der Waals surface area contributed by atoms with Gasteiger partial charge < -0.3 is 10.1 Å². The Labute approximate surface area is 97.9 Å². The van der Waals surface area contributed by atoms with E-state index in [4.69, 9.17) is 4.74 Å². The lowest BCUT2D eigenvalue weighted by Crippen LogP contribution is -2.38. The standard InChI is InChI=1S/C13H23NO2/c1-9-3-5-11(6-4-9)14-13(15)12-7-10(12)8-16-2/h9-12H,3-8H2,1-2H3,(H,14,15)/t9-,10-,11-,12?/m0/s1. The summed E-state index contributed by atoms with van der Waals surface area (Å²) in [5.74, 6) is 1.82. The van der Waals surface area contributed by atoms with Gasteiger partial charge in [0.25, 0.3) is 0 Å². The molecule has 0 bridgehead atoms. The lowest BCUT2D eigenvalue weighted by Gasteiger charge is -2.27. The molecule has 1 amide bonds. The van der Waals surface area contributed by atoms with E-state index in [0.29, 0.717) is 12.0 Å². The molecule has 1 N–H and O–H groups in total. The van der Waals surface area contributed by atoms with Crippen LogP contribution in [0.1, 0.15) is 39.0 Å². The van der Waals surface area contributed by atoms with Crippen LogP contribution in [-0.4, -0.2) is 25.7 Å². The molecule has 3 nitrogen and oxygen atoms in total. The Morgan fingerprint density at radius 2 is 2.00 bits per heavy atom. The summed E-state index contributed by atoms with van der Waals surface area (Å²) in [5.41, 5.74) is 0. The van der Waals surface area contributed by atoms with Gasteiger partial charge in [0, 0.05) is 25.7 Å². The van der Waals surface area contributed by atoms with E-state index >= 15 is 0 Å². The van der Waals surface area contributed by atoms with Crippen molar-refractivity contribution in [2.45, 2.75) is 45.1 Å². The Morgan fingerprint density at radius 3 is 2.62 bits per heavy atom. The topological polar surface area (TPSA) is 38.3 Å². The minimum absolute atomic E-state index is 0.235. The summed E-state index contributed by atoms with van der Waals surface area (Å²) >= 11 is 0. The largest absolute Gasteiger partial charge is 0.384 e. The van der Waals surface area contributed by atoms with Crippen molar-refractivity contribution < 1.29 is 9.53 Å². The average molecular weight is 225 g/mol. The van der Waals surface area contributed by atoms with Crippen LogP contribution in [0.15, 0.2) is 0 Å². The van der Waals surface area contributed by atoms with Crippen molar-refractivity contribution in [1.29, 1.82) is 0 Å². The Kier molecular flexibility index (Phi) is 3.85. The number of hydrogen-bond donors (Lipinski definition) is 1. The van der Waals surface area contributed by atoms with Crippen LogP contribution in [0, 0.1) is 17.8 Å². The van der Waals surface area contributed by atoms with E-state index in [2.05, 4.69) is 12.2 Å². The zero-order chi connectivity index (χ0) is 11.5. The highest BCUT2D eigenvalue weighted by molar-refractivity contribution is 5.81. The van der Waals surface area contributed by atoms with Gasteiger partial charge in [0.1, 0.15) is 0 Å². The zero-order valence-corrected chi connectivity index (χ0v) is 10.4. The van der Waals surface area contributed by atoms with Crippen LogP contribution in [0.5, 0.6) is 0 Å². The Bertz CT molecular complexity index is 246. The molecule has 0 aliphatic heterocycles. The molecule has 0 aromatic carbocycles. The lowest BCUT2D eigenvalue weighted by atomic mass is 9.87. The molecular formula is C13H23NO2. The highest BCUT2D eigenvalue weighted by atomic mass is 16.5. The van der Waals surface area contributed by atoms with Crippen molar-refractivity contribution in [3.63, 3.8) is 0 Å². The minimum Gasteiger partial charge on any atom is -0.384 e. The maximum Gasteiger partial charge on any atom is 0.223 e. The SMILES string of the molecule is COC[C@@H]1CC1C(=O)N[C@H]1CC[C@H](C)CC1. The summed E-state index contributed by atoms with van der Waals surface area (Å²) in [5, 5.41) is 3.20. The predicted molar refractivity (Wildman–Crippen MR) is 63.0 cm³/mol. The molecule has 2 rings (SSSR count). The van der Waals surface area contributed by atoms with Crippen molar-refractivity contribution in [1.82, 2.24) is 5.32 Å².